The van der Waals surface area contributed by atoms with Gasteiger partial charge in [-0.05, 0) is 38.8 Å². The van der Waals surface area contributed by atoms with Gasteiger partial charge in [0.15, 0.2) is 0 Å². The SMILES string of the molecule is CC1=CC(=O)N(c2c(C)cc(C)cc2C)C1=O. The van der Waals surface area contributed by atoms with Crippen LogP contribution in [-0.2, 0) is 9.59 Å². The van der Waals surface area contributed by atoms with Gasteiger partial charge in [-0.3, -0.25) is 9.59 Å². The Morgan fingerprint density at radius 2 is 1.47 bits per heavy atom. The van der Waals surface area contributed by atoms with E-state index in [1.165, 1.54) is 11.0 Å². The molecule has 0 aromatic heterocycles. The van der Waals surface area contributed by atoms with Crippen LogP contribution in [0.2, 0.25) is 0 Å². The van der Waals surface area contributed by atoms with E-state index in [4.69, 9.17) is 0 Å². The molecule has 1 aliphatic heterocycles. The minimum absolute atomic E-state index is 0.218. The van der Waals surface area contributed by atoms with Crippen LogP contribution in [0.25, 0.3) is 0 Å². The number of imide groups is 1. The highest BCUT2D eigenvalue weighted by Gasteiger charge is 2.31. The number of benzene rings is 1. The molecule has 0 bridgehead atoms. The monoisotopic (exact) mass is 229 g/mol. The van der Waals surface area contributed by atoms with E-state index in [9.17, 15) is 9.59 Å². The molecule has 0 saturated heterocycles. The van der Waals surface area contributed by atoms with Gasteiger partial charge in [0.25, 0.3) is 11.8 Å². The third-order valence-electron chi connectivity index (χ3n) is 2.96. The van der Waals surface area contributed by atoms with Crippen LogP contribution in [0.1, 0.15) is 23.6 Å². The van der Waals surface area contributed by atoms with E-state index in [0.29, 0.717) is 5.57 Å². The highest BCUT2D eigenvalue weighted by Crippen LogP contribution is 2.30. The second-order valence-electron chi connectivity index (χ2n) is 4.55. The first-order valence-electron chi connectivity index (χ1n) is 5.56. The molecule has 88 valence electrons. The van der Waals surface area contributed by atoms with E-state index in [2.05, 4.69) is 0 Å². The fourth-order valence-corrected chi connectivity index (χ4v) is 2.32. The molecule has 0 spiro atoms. The third-order valence-corrected chi connectivity index (χ3v) is 2.96. The average Bonchev–Trinajstić information content (AvgIpc) is 2.43. The van der Waals surface area contributed by atoms with Gasteiger partial charge < -0.3 is 0 Å². The molecule has 2 amide bonds. The molecule has 3 nitrogen and oxygen atoms in total. The van der Waals surface area contributed by atoms with Crippen molar-refractivity contribution in [2.75, 3.05) is 4.90 Å². The number of carbonyl (C=O) groups is 2. The van der Waals surface area contributed by atoms with Crippen molar-refractivity contribution < 1.29 is 9.59 Å². The normalized spacial score (nSPS) is 15.5. The Labute approximate surface area is 101 Å². The van der Waals surface area contributed by atoms with Crippen molar-refractivity contribution >= 4 is 17.5 Å². The van der Waals surface area contributed by atoms with Gasteiger partial charge in [-0.15, -0.1) is 0 Å². The summed E-state index contributed by atoms with van der Waals surface area (Å²) in [4.78, 5) is 25.0. The summed E-state index contributed by atoms with van der Waals surface area (Å²) >= 11 is 0. The van der Waals surface area contributed by atoms with E-state index in [1.54, 1.807) is 6.92 Å². The van der Waals surface area contributed by atoms with Crippen LogP contribution in [0.5, 0.6) is 0 Å². The minimum atomic E-state index is -0.248. The smallest absolute Gasteiger partial charge is 0.261 e. The van der Waals surface area contributed by atoms with E-state index >= 15 is 0 Å². The molecule has 17 heavy (non-hydrogen) atoms. The van der Waals surface area contributed by atoms with Crippen LogP contribution in [0.15, 0.2) is 23.8 Å². The summed E-state index contributed by atoms with van der Waals surface area (Å²) in [6, 6.07) is 3.97. The van der Waals surface area contributed by atoms with Gasteiger partial charge in [0.2, 0.25) is 0 Å². The molecule has 0 N–H and O–H groups in total. The Kier molecular flexibility index (Phi) is 2.62. The minimum Gasteiger partial charge on any atom is -0.269 e. The lowest BCUT2D eigenvalue weighted by Gasteiger charge is -2.20. The Balaban J connectivity index is 2.57. The van der Waals surface area contributed by atoms with Gasteiger partial charge in [0, 0.05) is 11.6 Å². The van der Waals surface area contributed by atoms with E-state index in [-0.39, 0.29) is 11.8 Å². The first kappa shape index (κ1) is 11.6. The summed E-state index contributed by atoms with van der Waals surface area (Å²) < 4.78 is 0. The van der Waals surface area contributed by atoms with Crippen LogP contribution in [0.3, 0.4) is 0 Å². The third kappa shape index (κ3) is 1.78. The number of carbonyl (C=O) groups excluding carboxylic acids is 2. The average molecular weight is 229 g/mol. The summed E-state index contributed by atoms with van der Waals surface area (Å²) in [5.74, 6) is -0.465. The standard InChI is InChI=1S/C14H15NO2/c1-8-5-9(2)13(10(3)6-8)15-12(16)7-11(4)14(15)17/h5-7H,1-4H3. The van der Waals surface area contributed by atoms with Crippen LogP contribution in [-0.4, -0.2) is 11.8 Å². The van der Waals surface area contributed by atoms with Crippen molar-refractivity contribution in [2.45, 2.75) is 27.7 Å². The van der Waals surface area contributed by atoms with Crippen molar-refractivity contribution in [1.29, 1.82) is 0 Å². The molecule has 0 fully saturated rings. The van der Waals surface area contributed by atoms with Crippen LogP contribution < -0.4 is 4.90 Å². The van der Waals surface area contributed by atoms with E-state index < -0.39 is 0 Å². The second kappa shape index (κ2) is 3.84. The maximum absolute atomic E-state index is 11.9. The number of hydrogen-bond acceptors (Lipinski definition) is 2. The van der Waals surface area contributed by atoms with E-state index in [1.807, 2.05) is 32.9 Å². The Morgan fingerprint density at radius 3 is 1.88 bits per heavy atom. The number of anilines is 1. The molecular formula is C14H15NO2. The zero-order valence-electron chi connectivity index (χ0n) is 10.5. The van der Waals surface area contributed by atoms with Gasteiger partial charge in [-0.2, -0.15) is 0 Å². The number of hydrogen-bond donors (Lipinski definition) is 0. The summed E-state index contributed by atoms with van der Waals surface area (Å²) in [7, 11) is 0. The molecule has 0 aliphatic carbocycles. The largest absolute Gasteiger partial charge is 0.269 e. The van der Waals surface area contributed by atoms with Gasteiger partial charge in [-0.1, -0.05) is 17.7 Å². The number of amides is 2. The zero-order valence-corrected chi connectivity index (χ0v) is 10.5. The van der Waals surface area contributed by atoms with Crippen molar-refractivity contribution in [3.05, 3.63) is 40.5 Å². The van der Waals surface area contributed by atoms with Crippen molar-refractivity contribution in [1.82, 2.24) is 0 Å². The zero-order chi connectivity index (χ0) is 12.7. The Morgan fingerprint density at radius 1 is 0.941 bits per heavy atom. The fourth-order valence-electron chi connectivity index (χ4n) is 2.32. The lowest BCUT2D eigenvalue weighted by Crippen LogP contribution is -2.31. The number of nitrogens with zero attached hydrogens (tertiary/aromatic N) is 1. The molecule has 3 heteroatoms. The predicted molar refractivity (Wildman–Crippen MR) is 66.9 cm³/mol. The molecule has 0 saturated carbocycles. The highest BCUT2D eigenvalue weighted by atomic mass is 16.2. The van der Waals surface area contributed by atoms with Gasteiger partial charge in [0.1, 0.15) is 0 Å². The highest BCUT2D eigenvalue weighted by molar-refractivity contribution is 6.30. The lowest BCUT2D eigenvalue weighted by molar-refractivity contribution is -0.120. The number of aryl methyl sites for hydroxylation is 3. The van der Waals surface area contributed by atoms with Gasteiger partial charge in [-0.25, -0.2) is 4.90 Å². The molecular weight excluding hydrogens is 214 g/mol. The first-order chi connectivity index (χ1) is 7.91. The lowest BCUT2D eigenvalue weighted by atomic mass is 10.0. The van der Waals surface area contributed by atoms with Gasteiger partial charge >= 0.3 is 0 Å². The van der Waals surface area contributed by atoms with Crippen molar-refractivity contribution in [3.63, 3.8) is 0 Å². The maximum Gasteiger partial charge on any atom is 0.261 e. The summed E-state index contributed by atoms with van der Waals surface area (Å²) in [6.07, 6.45) is 1.39. The van der Waals surface area contributed by atoms with Crippen LogP contribution in [0, 0.1) is 20.8 Å². The quantitative estimate of drug-likeness (QED) is 0.693. The maximum atomic E-state index is 11.9. The molecule has 0 unspecified atom stereocenters. The molecule has 1 aliphatic rings. The van der Waals surface area contributed by atoms with Crippen LogP contribution >= 0.6 is 0 Å². The summed E-state index contributed by atoms with van der Waals surface area (Å²) in [5, 5.41) is 0. The van der Waals surface area contributed by atoms with Crippen molar-refractivity contribution in [3.8, 4) is 0 Å². The molecule has 0 radical (unpaired) electrons. The second-order valence-corrected chi connectivity index (χ2v) is 4.55. The summed E-state index contributed by atoms with van der Waals surface area (Å²) in [6.45, 7) is 7.51. The molecule has 2 rings (SSSR count). The van der Waals surface area contributed by atoms with Crippen LogP contribution in [0.4, 0.5) is 5.69 Å². The molecule has 0 atom stereocenters. The Hall–Kier alpha value is -1.90. The number of rotatable bonds is 1. The summed E-state index contributed by atoms with van der Waals surface area (Å²) in [5.41, 5.74) is 4.25. The molecule has 1 aromatic rings. The fraction of sp³-hybridized carbons (Fsp3) is 0.286. The Bertz CT molecular complexity index is 532. The molecule has 1 heterocycles. The topological polar surface area (TPSA) is 37.4 Å². The van der Waals surface area contributed by atoms with Gasteiger partial charge in [0.05, 0.1) is 5.69 Å². The van der Waals surface area contributed by atoms with Crippen molar-refractivity contribution in [2.24, 2.45) is 0 Å². The molecule has 1 aromatic carbocycles. The predicted octanol–water partition coefficient (Wildman–Crippen LogP) is 2.43. The van der Waals surface area contributed by atoms with E-state index in [0.717, 1.165) is 22.4 Å². The first-order valence-corrected chi connectivity index (χ1v) is 5.56.